The average molecular weight is 244 g/mol. The van der Waals surface area contributed by atoms with Crippen LogP contribution in [0.3, 0.4) is 0 Å². The quantitative estimate of drug-likeness (QED) is 0.869. The van der Waals surface area contributed by atoms with E-state index in [9.17, 15) is 0 Å². The molecular formula is C14H20N4. The van der Waals surface area contributed by atoms with Gasteiger partial charge in [-0.15, -0.1) is 0 Å². The molecule has 1 aliphatic heterocycles. The van der Waals surface area contributed by atoms with Crippen molar-refractivity contribution in [1.82, 2.24) is 14.9 Å². The molecule has 1 fully saturated rings. The Morgan fingerprint density at radius 2 is 2.39 bits per heavy atom. The van der Waals surface area contributed by atoms with E-state index in [1.165, 1.54) is 24.8 Å². The SMILES string of the molecule is Cn1cnc2cc(NCC3CCCCN3)ccc21. The largest absolute Gasteiger partial charge is 0.383 e. The second-order valence-corrected chi connectivity index (χ2v) is 5.09. The normalized spacial score (nSPS) is 20.2. The van der Waals surface area contributed by atoms with Crippen LogP contribution in [0.5, 0.6) is 0 Å². The van der Waals surface area contributed by atoms with Crippen molar-refractivity contribution in [2.24, 2.45) is 7.05 Å². The Morgan fingerprint density at radius 1 is 1.44 bits per heavy atom. The predicted octanol–water partition coefficient (Wildman–Crippen LogP) is 2.13. The second kappa shape index (κ2) is 4.98. The molecule has 4 heteroatoms. The van der Waals surface area contributed by atoms with E-state index in [0.29, 0.717) is 6.04 Å². The number of nitrogens with zero attached hydrogens (tertiary/aromatic N) is 2. The van der Waals surface area contributed by atoms with Gasteiger partial charge >= 0.3 is 0 Å². The number of nitrogens with one attached hydrogen (secondary N) is 2. The van der Waals surface area contributed by atoms with E-state index in [0.717, 1.165) is 24.3 Å². The van der Waals surface area contributed by atoms with Crippen LogP contribution in [0, 0.1) is 0 Å². The molecule has 0 saturated carbocycles. The van der Waals surface area contributed by atoms with Gasteiger partial charge in [0.25, 0.3) is 0 Å². The van der Waals surface area contributed by atoms with Gasteiger partial charge in [0.05, 0.1) is 17.4 Å². The zero-order valence-electron chi connectivity index (χ0n) is 10.8. The van der Waals surface area contributed by atoms with Crippen molar-refractivity contribution in [3.63, 3.8) is 0 Å². The number of aromatic nitrogens is 2. The summed E-state index contributed by atoms with van der Waals surface area (Å²) >= 11 is 0. The lowest BCUT2D eigenvalue weighted by molar-refractivity contribution is 0.414. The summed E-state index contributed by atoms with van der Waals surface area (Å²) in [5.74, 6) is 0. The smallest absolute Gasteiger partial charge is 0.0955 e. The summed E-state index contributed by atoms with van der Waals surface area (Å²) in [6, 6.07) is 6.99. The van der Waals surface area contributed by atoms with Gasteiger partial charge in [0.2, 0.25) is 0 Å². The molecule has 1 atom stereocenters. The summed E-state index contributed by atoms with van der Waals surface area (Å²) in [5.41, 5.74) is 3.39. The number of hydrogen-bond donors (Lipinski definition) is 2. The van der Waals surface area contributed by atoms with Gasteiger partial charge in [-0.25, -0.2) is 4.98 Å². The zero-order chi connectivity index (χ0) is 12.4. The second-order valence-electron chi connectivity index (χ2n) is 5.09. The van der Waals surface area contributed by atoms with E-state index in [1.54, 1.807) is 0 Å². The molecule has 96 valence electrons. The molecule has 4 nitrogen and oxygen atoms in total. The fourth-order valence-electron chi connectivity index (χ4n) is 2.59. The minimum Gasteiger partial charge on any atom is -0.383 e. The molecule has 2 N–H and O–H groups in total. The maximum absolute atomic E-state index is 4.38. The summed E-state index contributed by atoms with van der Waals surface area (Å²) in [6.45, 7) is 2.16. The van der Waals surface area contributed by atoms with Gasteiger partial charge < -0.3 is 15.2 Å². The molecule has 0 radical (unpaired) electrons. The first kappa shape index (κ1) is 11.5. The third-order valence-corrected chi connectivity index (χ3v) is 3.69. The first-order chi connectivity index (χ1) is 8.83. The van der Waals surface area contributed by atoms with Crippen molar-refractivity contribution in [3.8, 4) is 0 Å². The number of hydrogen-bond acceptors (Lipinski definition) is 3. The predicted molar refractivity (Wildman–Crippen MR) is 74.8 cm³/mol. The van der Waals surface area contributed by atoms with Gasteiger partial charge in [0.1, 0.15) is 0 Å². The number of aryl methyl sites for hydroxylation is 1. The van der Waals surface area contributed by atoms with Crippen LogP contribution in [-0.4, -0.2) is 28.7 Å². The summed E-state index contributed by atoms with van der Waals surface area (Å²) < 4.78 is 2.04. The zero-order valence-corrected chi connectivity index (χ0v) is 10.8. The summed E-state index contributed by atoms with van der Waals surface area (Å²) in [5, 5.41) is 7.05. The van der Waals surface area contributed by atoms with Crippen molar-refractivity contribution in [3.05, 3.63) is 24.5 Å². The van der Waals surface area contributed by atoms with E-state index in [-0.39, 0.29) is 0 Å². The summed E-state index contributed by atoms with van der Waals surface area (Å²) in [7, 11) is 2.02. The van der Waals surface area contributed by atoms with Gasteiger partial charge in [0.15, 0.2) is 0 Å². The Balaban J connectivity index is 1.66. The number of benzene rings is 1. The highest BCUT2D eigenvalue weighted by Gasteiger charge is 2.11. The van der Waals surface area contributed by atoms with Gasteiger partial charge in [-0.3, -0.25) is 0 Å². The average Bonchev–Trinajstić information content (AvgIpc) is 2.79. The van der Waals surface area contributed by atoms with Gasteiger partial charge in [-0.2, -0.15) is 0 Å². The summed E-state index contributed by atoms with van der Waals surface area (Å²) in [6.07, 6.45) is 5.80. The minimum absolute atomic E-state index is 0.609. The number of fused-ring (bicyclic) bond motifs is 1. The molecule has 3 rings (SSSR count). The highest BCUT2D eigenvalue weighted by atomic mass is 15.0. The Bertz CT molecular complexity index is 526. The Hall–Kier alpha value is -1.55. The van der Waals surface area contributed by atoms with Crippen LogP contribution in [0.15, 0.2) is 24.5 Å². The van der Waals surface area contributed by atoms with Crippen molar-refractivity contribution >= 4 is 16.7 Å². The van der Waals surface area contributed by atoms with Crippen LogP contribution < -0.4 is 10.6 Å². The maximum Gasteiger partial charge on any atom is 0.0955 e. The first-order valence-corrected chi connectivity index (χ1v) is 6.71. The molecule has 1 unspecified atom stereocenters. The standard InChI is InChI=1S/C14H20N4/c1-18-10-17-13-8-11(5-6-14(13)18)16-9-12-4-2-3-7-15-12/h5-6,8,10,12,15-16H,2-4,7,9H2,1H3. The molecule has 0 bridgehead atoms. The molecule has 1 aliphatic rings. The first-order valence-electron chi connectivity index (χ1n) is 6.71. The fourth-order valence-corrected chi connectivity index (χ4v) is 2.59. The molecule has 2 heterocycles. The number of anilines is 1. The van der Waals surface area contributed by atoms with Crippen LogP contribution in [0.1, 0.15) is 19.3 Å². The molecule has 1 aromatic carbocycles. The lowest BCUT2D eigenvalue weighted by Gasteiger charge is -2.24. The molecule has 18 heavy (non-hydrogen) atoms. The van der Waals surface area contributed by atoms with E-state index in [1.807, 2.05) is 17.9 Å². The molecule has 0 aliphatic carbocycles. The Morgan fingerprint density at radius 3 is 3.22 bits per heavy atom. The highest BCUT2D eigenvalue weighted by molar-refractivity contribution is 5.79. The summed E-state index contributed by atoms with van der Waals surface area (Å²) in [4.78, 5) is 4.38. The molecule has 1 saturated heterocycles. The lowest BCUT2D eigenvalue weighted by Crippen LogP contribution is -2.39. The van der Waals surface area contributed by atoms with E-state index >= 15 is 0 Å². The fraction of sp³-hybridized carbons (Fsp3) is 0.500. The number of imidazole rings is 1. The van der Waals surface area contributed by atoms with Crippen LogP contribution in [0.2, 0.25) is 0 Å². The van der Waals surface area contributed by atoms with Crippen molar-refractivity contribution in [2.45, 2.75) is 25.3 Å². The molecule has 0 spiro atoms. The van der Waals surface area contributed by atoms with Crippen molar-refractivity contribution < 1.29 is 0 Å². The number of piperidine rings is 1. The highest BCUT2D eigenvalue weighted by Crippen LogP contribution is 2.17. The molecular weight excluding hydrogens is 224 g/mol. The van der Waals surface area contributed by atoms with E-state index in [2.05, 4.69) is 33.8 Å². The number of rotatable bonds is 3. The molecule has 0 amide bonds. The monoisotopic (exact) mass is 244 g/mol. The van der Waals surface area contributed by atoms with Crippen LogP contribution >= 0.6 is 0 Å². The third kappa shape index (κ3) is 2.34. The van der Waals surface area contributed by atoms with Crippen molar-refractivity contribution in [2.75, 3.05) is 18.4 Å². The topological polar surface area (TPSA) is 41.9 Å². The minimum atomic E-state index is 0.609. The van der Waals surface area contributed by atoms with Gasteiger partial charge in [-0.05, 0) is 37.6 Å². The maximum atomic E-state index is 4.38. The van der Waals surface area contributed by atoms with E-state index < -0.39 is 0 Å². The van der Waals surface area contributed by atoms with Crippen molar-refractivity contribution in [1.29, 1.82) is 0 Å². The molecule has 2 aromatic rings. The Kier molecular flexibility index (Phi) is 3.19. The van der Waals surface area contributed by atoms with E-state index in [4.69, 9.17) is 0 Å². The van der Waals surface area contributed by atoms with Crippen LogP contribution in [-0.2, 0) is 7.05 Å². The Labute approximate surface area is 107 Å². The van der Waals surface area contributed by atoms with Crippen LogP contribution in [0.4, 0.5) is 5.69 Å². The third-order valence-electron chi connectivity index (χ3n) is 3.69. The molecule has 1 aromatic heterocycles. The van der Waals surface area contributed by atoms with Gasteiger partial charge in [0, 0.05) is 25.3 Å². The van der Waals surface area contributed by atoms with Gasteiger partial charge in [-0.1, -0.05) is 6.42 Å². The lowest BCUT2D eigenvalue weighted by atomic mass is 10.1. The van der Waals surface area contributed by atoms with Crippen LogP contribution in [0.25, 0.3) is 11.0 Å².